The number of nitrogens with zero attached hydrogens (tertiary/aromatic N) is 1. The number of imide groups is 1. The highest BCUT2D eigenvalue weighted by molar-refractivity contribution is 6.24. The summed E-state index contributed by atoms with van der Waals surface area (Å²) in [6, 6.07) is 6.47. The van der Waals surface area contributed by atoms with Gasteiger partial charge in [0.05, 0.1) is 42.4 Å². The summed E-state index contributed by atoms with van der Waals surface area (Å²) in [5.74, 6) is -2.20. The van der Waals surface area contributed by atoms with Crippen LogP contribution in [0.5, 0.6) is 0 Å². The van der Waals surface area contributed by atoms with Gasteiger partial charge in [0.25, 0.3) is 0 Å². The first kappa shape index (κ1) is 13.2. The van der Waals surface area contributed by atoms with Crippen molar-refractivity contribution in [3.05, 3.63) is 42.0 Å². The van der Waals surface area contributed by atoms with Gasteiger partial charge in [-0.05, 0) is 12.1 Å². The van der Waals surface area contributed by atoms with E-state index < -0.39 is 17.8 Å². The molecule has 4 unspecified atom stereocenters. The molecule has 0 radical (unpaired) electrons. The number of para-hydroxylation sites is 1. The van der Waals surface area contributed by atoms with Gasteiger partial charge in [-0.1, -0.05) is 24.3 Å². The fourth-order valence-electron chi connectivity index (χ4n) is 3.49. The fourth-order valence-corrected chi connectivity index (χ4v) is 3.49. The minimum Gasteiger partial charge on any atom is -0.465 e. The monoisotopic (exact) mass is 299 g/mol. The third-order valence-corrected chi connectivity index (χ3v) is 4.46. The number of carbonyl (C=O) groups excluding carboxylic acids is 3. The highest BCUT2D eigenvalue weighted by Gasteiger charge is 2.61. The molecule has 0 aliphatic carbocycles. The lowest BCUT2D eigenvalue weighted by atomic mass is 9.85. The van der Waals surface area contributed by atoms with E-state index in [4.69, 9.17) is 9.47 Å². The molecule has 3 heterocycles. The van der Waals surface area contributed by atoms with Crippen molar-refractivity contribution in [2.75, 3.05) is 12.0 Å². The van der Waals surface area contributed by atoms with Gasteiger partial charge in [0, 0.05) is 0 Å². The molecular formula is C16H13NO5. The van der Waals surface area contributed by atoms with Gasteiger partial charge in [-0.15, -0.1) is 0 Å². The van der Waals surface area contributed by atoms with E-state index in [1.165, 1.54) is 7.11 Å². The summed E-state index contributed by atoms with van der Waals surface area (Å²) in [7, 11) is 1.26. The Hall–Kier alpha value is -2.47. The van der Waals surface area contributed by atoms with Crippen LogP contribution in [0.1, 0.15) is 10.4 Å². The van der Waals surface area contributed by atoms with E-state index in [-0.39, 0.29) is 35.3 Å². The van der Waals surface area contributed by atoms with E-state index in [1.807, 2.05) is 12.2 Å². The molecule has 4 atom stereocenters. The maximum absolute atomic E-state index is 12.7. The molecule has 2 saturated heterocycles. The lowest BCUT2D eigenvalue weighted by molar-refractivity contribution is -0.124. The number of amides is 2. The normalized spacial score (nSPS) is 31.8. The number of carbonyl (C=O) groups is 3. The Balaban J connectivity index is 1.78. The molecule has 6 nitrogen and oxygen atoms in total. The van der Waals surface area contributed by atoms with Crippen molar-refractivity contribution in [2.45, 2.75) is 12.2 Å². The van der Waals surface area contributed by atoms with Gasteiger partial charge >= 0.3 is 5.97 Å². The Bertz CT molecular complexity index is 695. The molecule has 0 aromatic heterocycles. The van der Waals surface area contributed by atoms with Gasteiger partial charge in [0.15, 0.2) is 0 Å². The molecule has 2 fully saturated rings. The second-order valence-corrected chi connectivity index (χ2v) is 5.52. The maximum atomic E-state index is 12.7. The Morgan fingerprint density at radius 3 is 2.27 bits per heavy atom. The summed E-state index contributed by atoms with van der Waals surface area (Å²) in [5, 5.41) is 0. The maximum Gasteiger partial charge on any atom is 0.339 e. The largest absolute Gasteiger partial charge is 0.465 e. The summed E-state index contributed by atoms with van der Waals surface area (Å²) in [5.41, 5.74) is 0.478. The van der Waals surface area contributed by atoms with Gasteiger partial charge < -0.3 is 9.47 Å². The van der Waals surface area contributed by atoms with Crippen LogP contribution in [0.3, 0.4) is 0 Å². The summed E-state index contributed by atoms with van der Waals surface area (Å²) in [6.07, 6.45) is 2.96. The lowest BCUT2D eigenvalue weighted by Crippen LogP contribution is -2.35. The highest BCUT2D eigenvalue weighted by Crippen LogP contribution is 2.46. The molecule has 2 amide bonds. The van der Waals surface area contributed by atoms with E-state index in [9.17, 15) is 14.4 Å². The topological polar surface area (TPSA) is 72.9 Å². The average Bonchev–Trinajstić information content (AvgIpc) is 3.21. The SMILES string of the molecule is COC(=O)c1ccccc1N1C(=O)C2C3C=CC(O3)C2C1=O. The predicted octanol–water partition coefficient (Wildman–Crippen LogP) is 0.916. The number of rotatable bonds is 2. The molecule has 0 spiro atoms. The molecule has 0 saturated carbocycles. The van der Waals surface area contributed by atoms with E-state index >= 15 is 0 Å². The van der Waals surface area contributed by atoms with Crippen LogP contribution in [0.4, 0.5) is 5.69 Å². The third-order valence-electron chi connectivity index (χ3n) is 4.46. The van der Waals surface area contributed by atoms with Gasteiger partial charge in [-0.3, -0.25) is 9.59 Å². The first-order valence-electron chi connectivity index (χ1n) is 7.02. The van der Waals surface area contributed by atoms with Crippen molar-refractivity contribution in [3.63, 3.8) is 0 Å². The average molecular weight is 299 g/mol. The van der Waals surface area contributed by atoms with Crippen LogP contribution in [-0.4, -0.2) is 37.1 Å². The molecule has 1 aromatic carbocycles. The van der Waals surface area contributed by atoms with Crippen molar-refractivity contribution in [3.8, 4) is 0 Å². The zero-order valence-electron chi connectivity index (χ0n) is 11.8. The van der Waals surface area contributed by atoms with Gasteiger partial charge in [-0.2, -0.15) is 0 Å². The van der Waals surface area contributed by atoms with Crippen LogP contribution in [-0.2, 0) is 19.1 Å². The molecule has 3 aliphatic heterocycles. The third kappa shape index (κ3) is 1.55. The van der Waals surface area contributed by atoms with Crippen molar-refractivity contribution < 1.29 is 23.9 Å². The van der Waals surface area contributed by atoms with E-state index in [1.54, 1.807) is 24.3 Å². The standard InChI is InChI=1S/C16H13NO5/c1-21-16(20)8-4-2-3-5-9(8)17-14(18)12-10-6-7-11(22-10)13(12)15(17)19/h2-7,10-13H,1H3. The molecule has 0 N–H and O–H groups in total. The Kier molecular flexibility index (Phi) is 2.71. The number of hydrogen-bond acceptors (Lipinski definition) is 5. The number of benzene rings is 1. The number of methoxy groups -OCH3 is 1. The van der Waals surface area contributed by atoms with Crippen molar-refractivity contribution in [2.24, 2.45) is 11.8 Å². The van der Waals surface area contributed by atoms with Gasteiger partial charge in [0.1, 0.15) is 0 Å². The van der Waals surface area contributed by atoms with Gasteiger partial charge in [-0.25, -0.2) is 9.69 Å². The number of ether oxygens (including phenoxy) is 2. The minimum atomic E-state index is -0.578. The van der Waals surface area contributed by atoms with Crippen LogP contribution in [0, 0.1) is 11.8 Å². The zero-order chi connectivity index (χ0) is 15.4. The predicted molar refractivity (Wildman–Crippen MR) is 75.1 cm³/mol. The molecule has 22 heavy (non-hydrogen) atoms. The molecule has 3 aliphatic rings. The van der Waals surface area contributed by atoms with Crippen molar-refractivity contribution in [1.82, 2.24) is 0 Å². The first-order valence-corrected chi connectivity index (χ1v) is 7.02. The second kappa shape index (κ2) is 4.51. The van der Waals surface area contributed by atoms with Crippen molar-refractivity contribution >= 4 is 23.5 Å². The lowest BCUT2D eigenvalue weighted by Gasteiger charge is -2.19. The van der Waals surface area contributed by atoms with E-state index in [2.05, 4.69) is 0 Å². The summed E-state index contributed by atoms with van der Waals surface area (Å²) < 4.78 is 10.3. The van der Waals surface area contributed by atoms with Crippen LogP contribution < -0.4 is 4.90 Å². The molecule has 4 rings (SSSR count). The van der Waals surface area contributed by atoms with E-state index in [0.29, 0.717) is 0 Å². The second-order valence-electron chi connectivity index (χ2n) is 5.52. The highest BCUT2D eigenvalue weighted by atomic mass is 16.5. The number of fused-ring (bicyclic) bond motifs is 5. The number of hydrogen-bond donors (Lipinski definition) is 0. The smallest absolute Gasteiger partial charge is 0.339 e. The molecule has 112 valence electrons. The molecule has 2 bridgehead atoms. The zero-order valence-corrected chi connectivity index (χ0v) is 11.8. The number of esters is 1. The minimum absolute atomic E-state index is 0.202. The Morgan fingerprint density at radius 2 is 1.68 bits per heavy atom. The van der Waals surface area contributed by atoms with Crippen LogP contribution >= 0.6 is 0 Å². The molecular weight excluding hydrogens is 286 g/mol. The van der Waals surface area contributed by atoms with Crippen LogP contribution in [0.2, 0.25) is 0 Å². The van der Waals surface area contributed by atoms with Crippen LogP contribution in [0.15, 0.2) is 36.4 Å². The summed E-state index contributed by atoms with van der Waals surface area (Å²) >= 11 is 0. The van der Waals surface area contributed by atoms with E-state index in [0.717, 1.165) is 4.90 Å². The summed E-state index contributed by atoms with van der Waals surface area (Å²) in [4.78, 5) is 38.4. The first-order chi connectivity index (χ1) is 10.6. The Labute approximate surface area is 126 Å². The quantitative estimate of drug-likeness (QED) is 0.461. The van der Waals surface area contributed by atoms with Crippen LogP contribution in [0.25, 0.3) is 0 Å². The number of anilines is 1. The molecule has 6 heteroatoms. The van der Waals surface area contributed by atoms with Crippen molar-refractivity contribution in [1.29, 1.82) is 0 Å². The fraction of sp³-hybridized carbons (Fsp3) is 0.312. The van der Waals surface area contributed by atoms with Gasteiger partial charge in [0.2, 0.25) is 11.8 Å². The summed E-state index contributed by atoms with van der Waals surface area (Å²) in [6.45, 7) is 0. The Morgan fingerprint density at radius 1 is 1.09 bits per heavy atom. The molecule has 1 aromatic rings.